The van der Waals surface area contributed by atoms with Gasteiger partial charge in [-0.3, -0.25) is 4.90 Å². The summed E-state index contributed by atoms with van der Waals surface area (Å²) in [6, 6.07) is 20.4. The number of aromatic nitrogens is 2. The molecule has 39 heavy (non-hydrogen) atoms. The molecule has 1 N–H and O–H groups in total. The summed E-state index contributed by atoms with van der Waals surface area (Å²) in [6.07, 6.45) is 1.62. The molecule has 0 bridgehead atoms. The van der Waals surface area contributed by atoms with Gasteiger partial charge in [0, 0.05) is 54.2 Å². The van der Waals surface area contributed by atoms with Crippen LogP contribution in [0.5, 0.6) is 11.5 Å². The van der Waals surface area contributed by atoms with E-state index in [0.717, 1.165) is 71.5 Å². The zero-order valence-corrected chi connectivity index (χ0v) is 23.7. The van der Waals surface area contributed by atoms with Crippen molar-refractivity contribution in [3.8, 4) is 21.3 Å². The van der Waals surface area contributed by atoms with Gasteiger partial charge in [-0.1, -0.05) is 18.2 Å². The lowest BCUT2D eigenvalue weighted by molar-refractivity contribution is 0.148. The summed E-state index contributed by atoms with van der Waals surface area (Å²) in [5.41, 5.74) is 4.34. The number of thiophene rings is 2. The van der Waals surface area contributed by atoms with E-state index in [2.05, 4.69) is 49.6 Å². The zero-order valence-electron chi connectivity index (χ0n) is 22.1. The van der Waals surface area contributed by atoms with E-state index in [1.54, 1.807) is 36.1 Å². The van der Waals surface area contributed by atoms with Crippen molar-refractivity contribution >= 4 is 44.4 Å². The van der Waals surface area contributed by atoms with Crippen LogP contribution in [0, 0.1) is 0 Å². The monoisotopic (exact) mass is 557 g/mol. The second kappa shape index (κ2) is 11.7. The van der Waals surface area contributed by atoms with Crippen molar-refractivity contribution in [3.63, 3.8) is 0 Å². The van der Waals surface area contributed by atoms with Crippen molar-refractivity contribution in [2.45, 2.75) is 13.2 Å². The molecule has 2 aromatic carbocycles. The maximum atomic E-state index is 6.04. The number of ether oxygens (including phenoxy) is 2. The Labute approximate surface area is 236 Å². The van der Waals surface area contributed by atoms with E-state index in [1.807, 2.05) is 48.5 Å². The first-order chi connectivity index (χ1) is 19.1. The van der Waals surface area contributed by atoms with Gasteiger partial charge < -0.3 is 19.7 Å². The predicted molar refractivity (Wildman–Crippen MR) is 161 cm³/mol. The first-order valence-corrected chi connectivity index (χ1v) is 14.7. The number of fused-ring (bicyclic) bond motifs is 1. The summed E-state index contributed by atoms with van der Waals surface area (Å²) >= 11 is 3.54. The van der Waals surface area contributed by atoms with Gasteiger partial charge in [0.25, 0.3) is 0 Å². The van der Waals surface area contributed by atoms with Gasteiger partial charge in [0.1, 0.15) is 24.4 Å². The summed E-state index contributed by atoms with van der Waals surface area (Å²) in [7, 11) is 3.86. The highest BCUT2D eigenvalue weighted by Gasteiger charge is 2.16. The maximum Gasteiger partial charge on any atom is 0.151 e. The molecular weight excluding hydrogens is 526 g/mol. The largest absolute Gasteiger partial charge is 0.497 e. The molecule has 9 heteroatoms. The summed E-state index contributed by atoms with van der Waals surface area (Å²) in [5.74, 6) is 2.43. The quantitative estimate of drug-likeness (QED) is 0.222. The smallest absolute Gasteiger partial charge is 0.151 e. The Hall–Kier alpha value is -3.50. The molecule has 0 unspecified atom stereocenters. The SMILES string of the molecule is COc1ccc(COc2cccc(Nc3ncnc4cc(-c5cc(CN6CCN(C)CC6)cs5)sc34)c2)cc1. The first kappa shape index (κ1) is 25.8. The van der Waals surface area contributed by atoms with Gasteiger partial charge in [0.05, 0.1) is 17.3 Å². The second-order valence-electron chi connectivity index (χ2n) is 9.74. The lowest BCUT2D eigenvalue weighted by Crippen LogP contribution is -2.43. The van der Waals surface area contributed by atoms with Gasteiger partial charge >= 0.3 is 0 Å². The van der Waals surface area contributed by atoms with Crippen molar-refractivity contribution in [2.24, 2.45) is 0 Å². The van der Waals surface area contributed by atoms with E-state index in [0.29, 0.717) is 6.61 Å². The van der Waals surface area contributed by atoms with Crippen LogP contribution < -0.4 is 14.8 Å². The number of rotatable bonds is 9. The van der Waals surface area contributed by atoms with Crippen LogP contribution in [0.15, 0.2) is 72.4 Å². The highest BCUT2D eigenvalue weighted by atomic mass is 32.1. The molecule has 1 aliphatic rings. The molecule has 0 aliphatic carbocycles. The van der Waals surface area contributed by atoms with Gasteiger partial charge in [-0.25, -0.2) is 9.97 Å². The third kappa shape index (κ3) is 6.23. The standard InChI is InChI=1S/C30H31N5O2S2/c1-34-10-12-35(13-11-34)17-22-14-27(38-19-22)28-16-26-29(39-28)30(32-20-31-26)33-23-4-3-5-25(15-23)37-18-21-6-8-24(36-2)9-7-21/h3-9,14-16,19-20H,10-13,17-18H2,1-2H3,(H,31,32,33). The van der Waals surface area contributed by atoms with Gasteiger partial charge in [0.2, 0.25) is 0 Å². The molecule has 1 aliphatic heterocycles. The average molecular weight is 558 g/mol. The number of piperazine rings is 1. The van der Waals surface area contributed by atoms with Crippen molar-refractivity contribution in [1.82, 2.24) is 19.8 Å². The van der Waals surface area contributed by atoms with Gasteiger partial charge in [-0.15, -0.1) is 22.7 Å². The highest BCUT2D eigenvalue weighted by molar-refractivity contribution is 7.26. The van der Waals surface area contributed by atoms with Crippen molar-refractivity contribution in [1.29, 1.82) is 0 Å². The fourth-order valence-electron chi connectivity index (χ4n) is 4.61. The topological polar surface area (TPSA) is 62.8 Å². The molecule has 5 aromatic rings. The van der Waals surface area contributed by atoms with Gasteiger partial charge in [-0.2, -0.15) is 0 Å². The number of nitrogens with one attached hydrogen (secondary N) is 1. The second-order valence-corrected chi connectivity index (χ2v) is 11.7. The summed E-state index contributed by atoms with van der Waals surface area (Å²) in [6.45, 7) is 6.03. The van der Waals surface area contributed by atoms with E-state index in [4.69, 9.17) is 9.47 Å². The van der Waals surface area contributed by atoms with Crippen LogP contribution in [0.4, 0.5) is 11.5 Å². The van der Waals surface area contributed by atoms with Crippen LogP contribution in [0.3, 0.4) is 0 Å². The summed E-state index contributed by atoms with van der Waals surface area (Å²) < 4.78 is 12.3. The Kier molecular flexibility index (Phi) is 7.74. The Balaban J connectivity index is 1.14. The third-order valence-corrected chi connectivity index (χ3v) is 9.18. The molecule has 0 radical (unpaired) electrons. The summed E-state index contributed by atoms with van der Waals surface area (Å²) in [4.78, 5) is 16.5. The molecule has 200 valence electrons. The lowest BCUT2D eigenvalue weighted by atomic mass is 10.2. The molecule has 1 saturated heterocycles. The number of anilines is 2. The minimum atomic E-state index is 0.483. The molecule has 0 atom stereocenters. The normalized spacial score (nSPS) is 14.5. The molecule has 0 spiro atoms. The third-order valence-electron chi connectivity index (χ3n) is 6.87. The minimum Gasteiger partial charge on any atom is -0.497 e. The molecule has 1 fully saturated rings. The first-order valence-electron chi connectivity index (χ1n) is 13.0. The van der Waals surface area contributed by atoms with E-state index < -0.39 is 0 Å². The Bertz CT molecular complexity index is 1540. The van der Waals surface area contributed by atoms with Crippen LogP contribution in [0.2, 0.25) is 0 Å². The highest BCUT2D eigenvalue weighted by Crippen LogP contribution is 2.39. The Morgan fingerprint density at radius 2 is 1.74 bits per heavy atom. The number of likely N-dealkylation sites (N-methyl/N-ethyl adjacent to an activating group) is 1. The molecule has 0 amide bonds. The van der Waals surface area contributed by atoms with Crippen LogP contribution in [0.25, 0.3) is 20.0 Å². The lowest BCUT2D eigenvalue weighted by Gasteiger charge is -2.32. The number of nitrogens with zero attached hydrogens (tertiary/aromatic N) is 4. The van der Waals surface area contributed by atoms with E-state index in [9.17, 15) is 0 Å². The fourth-order valence-corrected chi connectivity index (χ4v) is 6.66. The molecule has 7 nitrogen and oxygen atoms in total. The number of methoxy groups -OCH3 is 1. The van der Waals surface area contributed by atoms with E-state index in [-0.39, 0.29) is 0 Å². The predicted octanol–water partition coefficient (Wildman–Crippen LogP) is 6.50. The fraction of sp³-hybridized carbons (Fsp3) is 0.267. The average Bonchev–Trinajstić information content (AvgIpc) is 3.61. The van der Waals surface area contributed by atoms with Crippen LogP contribution >= 0.6 is 22.7 Å². The van der Waals surface area contributed by atoms with Crippen LogP contribution in [-0.4, -0.2) is 60.1 Å². The van der Waals surface area contributed by atoms with E-state index >= 15 is 0 Å². The zero-order chi connectivity index (χ0) is 26.6. The Morgan fingerprint density at radius 1 is 0.897 bits per heavy atom. The van der Waals surface area contributed by atoms with Crippen LogP contribution in [0.1, 0.15) is 11.1 Å². The minimum absolute atomic E-state index is 0.483. The van der Waals surface area contributed by atoms with E-state index in [1.165, 1.54) is 15.3 Å². The van der Waals surface area contributed by atoms with Gasteiger partial charge in [0.15, 0.2) is 5.82 Å². The van der Waals surface area contributed by atoms with Gasteiger partial charge in [-0.05, 0) is 60.0 Å². The van der Waals surface area contributed by atoms with Crippen molar-refractivity contribution in [2.75, 3.05) is 45.7 Å². The molecule has 3 aromatic heterocycles. The molecule has 4 heterocycles. The molecule has 0 saturated carbocycles. The Morgan fingerprint density at radius 3 is 2.56 bits per heavy atom. The number of benzene rings is 2. The van der Waals surface area contributed by atoms with Crippen LogP contribution in [-0.2, 0) is 13.2 Å². The maximum absolute atomic E-state index is 6.04. The van der Waals surface area contributed by atoms with Crippen molar-refractivity contribution in [3.05, 3.63) is 83.5 Å². The molecular formula is C30H31N5O2S2. The number of hydrogen-bond acceptors (Lipinski definition) is 9. The summed E-state index contributed by atoms with van der Waals surface area (Å²) in [5, 5.41) is 5.78. The number of hydrogen-bond donors (Lipinski definition) is 1. The van der Waals surface area contributed by atoms with Crippen molar-refractivity contribution < 1.29 is 9.47 Å². The molecule has 6 rings (SSSR count).